The SMILES string of the molecule is N#Cc1ccccc1S(=O)(=O)N1CCN(Cc2ccc([N+](=O)[O-])cc2)CC1. The minimum Gasteiger partial charge on any atom is -0.296 e. The molecule has 0 atom stereocenters. The number of nitro groups is 1. The van der Waals surface area contributed by atoms with Crippen molar-refractivity contribution >= 4 is 15.7 Å². The monoisotopic (exact) mass is 386 g/mol. The molecule has 0 unspecified atom stereocenters. The van der Waals surface area contributed by atoms with E-state index in [0.29, 0.717) is 32.7 Å². The average Bonchev–Trinajstić information content (AvgIpc) is 2.69. The summed E-state index contributed by atoms with van der Waals surface area (Å²) in [4.78, 5) is 12.4. The van der Waals surface area contributed by atoms with Crippen LogP contribution >= 0.6 is 0 Å². The first kappa shape index (κ1) is 19.0. The van der Waals surface area contributed by atoms with Crippen LogP contribution in [0, 0.1) is 21.4 Å². The molecule has 0 bridgehead atoms. The lowest BCUT2D eigenvalue weighted by Crippen LogP contribution is -2.48. The summed E-state index contributed by atoms with van der Waals surface area (Å²) in [7, 11) is -3.71. The van der Waals surface area contributed by atoms with E-state index in [-0.39, 0.29) is 16.1 Å². The third kappa shape index (κ3) is 4.14. The van der Waals surface area contributed by atoms with Gasteiger partial charge in [-0.1, -0.05) is 24.3 Å². The second kappa shape index (κ2) is 7.84. The second-order valence-electron chi connectivity index (χ2n) is 6.21. The lowest BCUT2D eigenvalue weighted by molar-refractivity contribution is -0.384. The number of hydrogen-bond donors (Lipinski definition) is 0. The number of nitro benzene ring substituents is 1. The van der Waals surface area contributed by atoms with Crippen LogP contribution in [-0.2, 0) is 16.6 Å². The number of hydrogen-bond acceptors (Lipinski definition) is 6. The number of rotatable bonds is 5. The van der Waals surface area contributed by atoms with Crippen molar-refractivity contribution in [1.29, 1.82) is 5.26 Å². The molecule has 9 heteroatoms. The topological polar surface area (TPSA) is 108 Å². The summed E-state index contributed by atoms with van der Waals surface area (Å²) in [6, 6.07) is 14.5. The van der Waals surface area contributed by atoms with Gasteiger partial charge in [0.2, 0.25) is 10.0 Å². The summed E-state index contributed by atoms with van der Waals surface area (Å²) >= 11 is 0. The molecule has 1 saturated heterocycles. The maximum atomic E-state index is 12.8. The molecule has 0 amide bonds. The van der Waals surface area contributed by atoms with Crippen molar-refractivity contribution in [1.82, 2.24) is 9.21 Å². The zero-order valence-corrected chi connectivity index (χ0v) is 15.3. The molecule has 2 aromatic carbocycles. The number of nitriles is 1. The Hall–Kier alpha value is -2.80. The lowest BCUT2D eigenvalue weighted by Gasteiger charge is -2.34. The van der Waals surface area contributed by atoms with Crippen LogP contribution in [0.4, 0.5) is 5.69 Å². The molecule has 0 saturated carbocycles. The van der Waals surface area contributed by atoms with Crippen LogP contribution in [-0.4, -0.2) is 48.7 Å². The fourth-order valence-electron chi connectivity index (χ4n) is 3.03. The van der Waals surface area contributed by atoms with Gasteiger partial charge in [0.05, 0.1) is 15.4 Å². The summed E-state index contributed by atoms with van der Waals surface area (Å²) < 4.78 is 27.0. The summed E-state index contributed by atoms with van der Waals surface area (Å²) in [5, 5.41) is 19.9. The van der Waals surface area contributed by atoms with Gasteiger partial charge in [-0.3, -0.25) is 15.0 Å². The van der Waals surface area contributed by atoms with Gasteiger partial charge >= 0.3 is 0 Å². The Morgan fingerprint density at radius 2 is 1.67 bits per heavy atom. The van der Waals surface area contributed by atoms with Gasteiger partial charge in [0.25, 0.3) is 5.69 Å². The minimum absolute atomic E-state index is 0.0383. The molecular weight excluding hydrogens is 368 g/mol. The molecule has 1 aliphatic heterocycles. The standard InChI is InChI=1S/C18H18N4O4S/c19-13-16-3-1-2-4-18(16)27(25,26)21-11-9-20(10-12-21)14-15-5-7-17(8-6-15)22(23)24/h1-8H,9-12,14H2. The van der Waals surface area contributed by atoms with Crippen molar-refractivity contribution in [2.45, 2.75) is 11.4 Å². The Kier molecular flexibility index (Phi) is 5.51. The largest absolute Gasteiger partial charge is 0.296 e. The van der Waals surface area contributed by atoms with E-state index < -0.39 is 14.9 Å². The number of non-ortho nitro benzene ring substituents is 1. The Bertz CT molecular complexity index is 975. The van der Waals surface area contributed by atoms with Crippen LogP contribution in [0.25, 0.3) is 0 Å². The number of nitrogens with zero attached hydrogens (tertiary/aromatic N) is 4. The Balaban J connectivity index is 1.65. The maximum Gasteiger partial charge on any atom is 0.269 e. The molecule has 140 valence electrons. The normalized spacial score (nSPS) is 16.0. The summed E-state index contributed by atoms with van der Waals surface area (Å²) in [5.41, 5.74) is 1.13. The van der Waals surface area contributed by atoms with E-state index in [0.717, 1.165) is 5.56 Å². The van der Waals surface area contributed by atoms with E-state index in [4.69, 9.17) is 5.26 Å². The van der Waals surface area contributed by atoms with Gasteiger partial charge in [-0.15, -0.1) is 0 Å². The Morgan fingerprint density at radius 3 is 2.26 bits per heavy atom. The van der Waals surface area contributed by atoms with E-state index in [9.17, 15) is 18.5 Å². The third-order valence-electron chi connectivity index (χ3n) is 4.51. The quantitative estimate of drug-likeness (QED) is 0.574. The fraction of sp³-hybridized carbons (Fsp3) is 0.278. The molecule has 0 N–H and O–H groups in total. The van der Waals surface area contributed by atoms with Crippen LogP contribution in [0.5, 0.6) is 0 Å². The van der Waals surface area contributed by atoms with E-state index in [2.05, 4.69) is 4.90 Å². The first-order valence-electron chi connectivity index (χ1n) is 8.37. The van der Waals surface area contributed by atoms with Gasteiger partial charge in [-0.05, 0) is 17.7 Å². The van der Waals surface area contributed by atoms with Gasteiger partial charge in [0.15, 0.2) is 0 Å². The smallest absolute Gasteiger partial charge is 0.269 e. The van der Waals surface area contributed by atoms with Crippen molar-refractivity contribution in [3.63, 3.8) is 0 Å². The molecule has 0 aliphatic carbocycles. The van der Waals surface area contributed by atoms with Crippen LogP contribution in [0.2, 0.25) is 0 Å². The summed E-state index contributed by atoms with van der Waals surface area (Å²) in [5.74, 6) is 0. The van der Waals surface area contributed by atoms with Crippen molar-refractivity contribution in [3.8, 4) is 6.07 Å². The summed E-state index contributed by atoms with van der Waals surface area (Å²) in [6.07, 6.45) is 0. The molecule has 1 fully saturated rings. The molecule has 8 nitrogen and oxygen atoms in total. The van der Waals surface area contributed by atoms with E-state index in [1.807, 2.05) is 6.07 Å². The van der Waals surface area contributed by atoms with E-state index in [1.54, 1.807) is 24.3 Å². The van der Waals surface area contributed by atoms with Crippen LogP contribution < -0.4 is 0 Å². The average molecular weight is 386 g/mol. The van der Waals surface area contributed by atoms with E-state index >= 15 is 0 Å². The third-order valence-corrected chi connectivity index (χ3v) is 6.47. The Morgan fingerprint density at radius 1 is 1.04 bits per heavy atom. The van der Waals surface area contributed by atoms with Gasteiger partial charge in [0.1, 0.15) is 6.07 Å². The number of benzene rings is 2. The van der Waals surface area contributed by atoms with E-state index in [1.165, 1.54) is 28.6 Å². The first-order valence-corrected chi connectivity index (χ1v) is 9.81. The lowest BCUT2D eigenvalue weighted by atomic mass is 10.2. The molecule has 3 rings (SSSR count). The first-order chi connectivity index (χ1) is 12.9. The highest BCUT2D eigenvalue weighted by atomic mass is 32.2. The van der Waals surface area contributed by atoms with Crippen LogP contribution in [0.3, 0.4) is 0 Å². The molecule has 0 aromatic heterocycles. The highest BCUT2D eigenvalue weighted by Gasteiger charge is 2.30. The van der Waals surface area contributed by atoms with Crippen LogP contribution in [0.15, 0.2) is 53.4 Å². The predicted octanol–water partition coefficient (Wildman–Crippen LogP) is 1.97. The maximum absolute atomic E-state index is 12.8. The molecular formula is C18H18N4O4S. The van der Waals surface area contributed by atoms with Crippen molar-refractivity contribution < 1.29 is 13.3 Å². The highest BCUT2D eigenvalue weighted by molar-refractivity contribution is 7.89. The van der Waals surface area contributed by atoms with Crippen molar-refractivity contribution in [2.75, 3.05) is 26.2 Å². The molecule has 1 aliphatic rings. The molecule has 0 spiro atoms. The summed E-state index contributed by atoms with van der Waals surface area (Å²) in [6.45, 7) is 2.35. The predicted molar refractivity (Wildman–Crippen MR) is 98.3 cm³/mol. The molecule has 0 radical (unpaired) electrons. The highest BCUT2D eigenvalue weighted by Crippen LogP contribution is 2.22. The van der Waals surface area contributed by atoms with Crippen molar-refractivity contribution in [2.24, 2.45) is 0 Å². The molecule has 2 aromatic rings. The zero-order valence-electron chi connectivity index (χ0n) is 14.5. The fourth-order valence-corrected chi connectivity index (χ4v) is 4.60. The Labute approximate surface area is 157 Å². The van der Waals surface area contributed by atoms with Gasteiger partial charge in [0, 0.05) is 44.9 Å². The van der Waals surface area contributed by atoms with Crippen LogP contribution in [0.1, 0.15) is 11.1 Å². The molecule has 1 heterocycles. The minimum atomic E-state index is -3.71. The van der Waals surface area contributed by atoms with Gasteiger partial charge in [-0.2, -0.15) is 9.57 Å². The number of piperazine rings is 1. The molecule has 27 heavy (non-hydrogen) atoms. The second-order valence-corrected chi connectivity index (χ2v) is 8.12. The number of sulfonamides is 1. The zero-order chi connectivity index (χ0) is 19.4. The van der Waals surface area contributed by atoms with Gasteiger partial charge < -0.3 is 0 Å². The van der Waals surface area contributed by atoms with Crippen molar-refractivity contribution in [3.05, 3.63) is 69.8 Å². The van der Waals surface area contributed by atoms with Gasteiger partial charge in [-0.25, -0.2) is 8.42 Å².